The zero-order valence-electron chi connectivity index (χ0n) is 71.0. The van der Waals surface area contributed by atoms with Gasteiger partial charge < -0.3 is 18.3 Å². The van der Waals surface area contributed by atoms with Crippen LogP contribution in [0.25, 0.3) is 198 Å². The third-order valence-electron chi connectivity index (χ3n) is 28.7. The fourth-order valence-electron chi connectivity index (χ4n) is 22.9. The predicted molar refractivity (Wildman–Crippen MR) is 546 cm³/mol. The number of nitrogens with zero attached hydrogens (tertiary/aromatic N) is 4. The molecule has 0 spiro atoms. The molecule has 4 heterocycles. The molecule has 0 amide bonds. The summed E-state index contributed by atoms with van der Waals surface area (Å²) in [6.07, 6.45) is 0. The molecule has 26 aromatic rings. The highest BCUT2D eigenvalue weighted by Gasteiger charge is 2.48. The van der Waals surface area contributed by atoms with Gasteiger partial charge in [-0.25, -0.2) is 0 Å². The molecule has 2 aliphatic rings. The Labute approximate surface area is 751 Å². The number of hydrogen-bond donors (Lipinski definition) is 0. The van der Waals surface area contributed by atoms with Gasteiger partial charge in [0, 0.05) is 65.8 Å². The van der Waals surface area contributed by atoms with Gasteiger partial charge in [-0.05, 0) is 266 Å². The highest BCUT2D eigenvalue weighted by molar-refractivity contribution is 6.18. The zero-order chi connectivity index (χ0) is 85.3. The second kappa shape index (κ2) is 28.8. The molecule has 0 N–H and O–H groups in total. The second-order valence-electron chi connectivity index (χ2n) is 35.3. The van der Waals surface area contributed by atoms with E-state index in [0.29, 0.717) is 0 Å². The third-order valence-corrected chi connectivity index (χ3v) is 28.7. The van der Waals surface area contributed by atoms with Gasteiger partial charge in [-0.15, -0.1) is 0 Å². The molecule has 130 heavy (non-hydrogen) atoms. The molecule has 22 aromatic carbocycles. The maximum absolute atomic E-state index is 2.54. The van der Waals surface area contributed by atoms with Crippen LogP contribution < -0.4 is 0 Å². The first-order valence-electron chi connectivity index (χ1n) is 45.2. The smallest absolute Gasteiger partial charge is 0.0714 e. The van der Waals surface area contributed by atoms with Gasteiger partial charge in [-0.3, -0.25) is 0 Å². The van der Waals surface area contributed by atoms with Gasteiger partial charge in [0.1, 0.15) is 0 Å². The van der Waals surface area contributed by atoms with Gasteiger partial charge in [0.05, 0.1) is 55.0 Å². The molecule has 0 radical (unpaired) electrons. The van der Waals surface area contributed by atoms with E-state index in [-0.39, 0.29) is 0 Å². The maximum Gasteiger partial charge on any atom is 0.0714 e. The SMILES string of the molecule is c1ccc(C2(c3ccccc3)c3ccccc3-c3cc4c(cc32)c2cc(-c3ccc5c(c3)c3ccccc3n5-c3ccc5ccccc5c3)ccc2n4-c2ccc3ccccc3c2)cc1.c1ccc(C2(c3ccccc3)c3ccccc3-c3cc4c5cc(-c6ccc7c(c6)c6ccccc6n7-c6ccc7ccccc7c6)ccc5n(-c5ccc6ccccc6c5)c4cc32)cc1. The van der Waals surface area contributed by atoms with E-state index in [2.05, 4.69) is 504 Å². The van der Waals surface area contributed by atoms with Crippen LogP contribution >= 0.6 is 0 Å². The molecule has 0 fully saturated rings. The molecule has 0 saturated heterocycles. The van der Waals surface area contributed by atoms with Crippen molar-refractivity contribution in [1.29, 1.82) is 0 Å². The van der Waals surface area contributed by atoms with Crippen LogP contribution in [0.15, 0.2) is 485 Å². The summed E-state index contributed by atoms with van der Waals surface area (Å²) in [5.41, 5.74) is 33.5. The number of aromatic nitrogens is 4. The van der Waals surface area contributed by atoms with E-state index < -0.39 is 10.8 Å². The number of benzene rings is 22. The van der Waals surface area contributed by atoms with E-state index >= 15 is 0 Å². The van der Waals surface area contributed by atoms with Crippen LogP contribution in [0, 0.1) is 0 Å². The quantitative estimate of drug-likeness (QED) is 0.130. The molecular weight excluding hydrogens is 1570 g/mol. The lowest BCUT2D eigenvalue weighted by atomic mass is 9.67. The molecule has 0 atom stereocenters. The zero-order valence-corrected chi connectivity index (χ0v) is 71.0. The Kier molecular flexibility index (Phi) is 16.3. The molecule has 0 unspecified atom stereocenters. The van der Waals surface area contributed by atoms with Crippen LogP contribution in [-0.2, 0) is 10.8 Å². The predicted octanol–water partition coefficient (Wildman–Crippen LogP) is 32.4. The molecule has 4 nitrogen and oxygen atoms in total. The van der Waals surface area contributed by atoms with Gasteiger partial charge in [-0.2, -0.15) is 0 Å². The Morgan fingerprint density at radius 2 is 0.385 bits per heavy atom. The van der Waals surface area contributed by atoms with Crippen molar-refractivity contribution < 1.29 is 0 Å². The fraction of sp³-hybridized carbons (Fsp3) is 0.0159. The largest absolute Gasteiger partial charge is 0.309 e. The molecule has 0 bridgehead atoms. The van der Waals surface area contributed by atoms with Crippen molar-refractivity contribution in [1.82, 2.24) is 18.3 Å². The summed E-state index contributed by atoms with van der Waals surface area (Å²) < 4.78 is 9.84. The van der Waals surface area contributed by atoms with E-state index in [4.69, 9.17) is 0 Å². The minimum atomic E-state index is -0.500. The minimum absolute atomic E-state index is 0.498. The van der Waals surface area contributed by atoms with E-state index in [0.717, 1.165) is 11.4 Å². The summed E-state index contributed by atoms with van der Waals surface area (Å²) in [6, 6.07) is 181. The normalized spacial score (nSPS) is 13.0. The summed E-state index contributed by atoms with van der Waals surface area (Å²) in [4.78, 5) is 0. The van der Waals surface area contributed by atoms with E-state index in [1.807, 2.05) is 0 Å². The number of rotatable bonds is 10. The molecule has 28 rings (SSSR count). The van der Waals surface area contributed by atoms with Crippen LogP contribution in [0.2, 0.25) is 0 Å². The number of para-hydroxylation sites is 2. The second-order valence-corrected chi connectivity index (χ2v) is 35.3. The molecule has 2 aliphatic carbocycles. The van der Waals surface area contributed by atoms with Gasteiger partial charge in [0.15, 0.2) is 0 Å². The first kappa shape index (κ1) is 73.4. The molecular formula is C126H80N4. The topological polar surface area (TPSA) is 19.7 Å². The minimum Gasteiger partial charge on any atom is -0.309 e. The average Bonchev–Trinajstić information content (AvgIpc) is 1.53. The Balaban J connectivity index is 0.000000134. The van der Waals surface area contributed by atoms with Crippen molar-refractivity contribution in [2.75, 3.05) is 0 Å². The molecule has 604 valence electrons. The number of hydrogen-bond acceptors (Lipinski definition) is 0. The lowest BCUT2D eigenvalue weighted by molar-refractivity contribution is 0.769. The monoisotopic (exact) mass is 1650 g/mol. The standard InChI is InChI=1S/2C63H40N2/c1-3-19-47(20-4-1)63(48-21-5-2-6-22-48)57-25-13-11-23-51(57)53-40-62-56(39-58(53)63)55-38-46(30-34-61(55)65(62)50-32-28-42-16-8-10-18-44(42)36-50)45-29-33-60-54(37-45)52-24-12-14-26-59(52)64(60)49-31-27-41-15-7-9-17-43(41)35-49;1-3-19-47(20-4-1)63(48-21-5-2-6-22-48)57-25-13-11-23-51(57)53-39-56-55-38-46(30-34-61(55)65(62(56)40-58(53)63)50-32-28-42-16-8-10-18-44(42)36-50)45-29-33-60-54(37-45)52-24-12-14-26-59(52)64(60)49-31-27-41-15-7-9-17-43(41)35-49/h2*1-40H. The first-order chi connectivity index (χ1) is 64.4. The fourth-order valence-corrected chi connectivity index (χ4v) is 22.9. The van der Waals surface area contributed by atoms with Crippen molar-refractivity contribution in [3.63, 3.8) is 0 Å². The number of fused-ring (bicyclic) bond motifs is 22. The lowest BCUT2D eigenvalue weighted by Crippen LogP contribution is -2.28. The first-order valence-corrected chi connectivity index (χ1v) is 45.2. The maximum atomic E-state index is 2.54. The average molecular weight is 1650 g/mol. The summed E-state index contributed by atoms with van der Waals surface area (Å²) >= 11 is 0. The molecule has 4 heteroatoms. The van der Waals surface area contributed by atoms with Gasteiger partial charge in [-0.1, -0.05) is 352 Å². The third kappa shape index (κ3) is 10.9. The highest BCUT2D eigenvalue weighted by atomic mass is 15.0. The Hall–Kier alpha value is -16.9. The van der Waals surface area contributed by atoms with E-state index in [1.165, 1.54) is 231 Å². The van der Waals surface area contributed by atoms with Crippen molar-refractivity contribution in [3.05, 3.63) is 530 Å². The van der Waals surface area contributed by atoms with Crippen LogP contribution in [-0.4, -0.2) is 18.3 Å². The van der Waals surface area contributed by atoms with Crippen LogP contribution in [0.4, 0.5) is 0 Å². The summed E-state index contributed by atoms with van der Waals surface area (Å²) in [7, 11) is 0. The Morgan fingerprint density at radius 3 is 0.746 bits per heavy atom. The van der Waals surface area contributed by atoms with Crippen molar-refractivity contribution in [2.45, 2.75) is 10.8 Å². The highest BCUT2D eigenvalue weighted by Crippen LogP contribution is 2.60. The van der Waals surface area contributed by atoms with Gasteiger partial charge in [0.2, 0.25) is 0 Å². The summed E-state index contributed by atoms with van der Waals surface area (Å²) in [6.45, 7) is 0. The Bertz CT molecular complexity index is 9090. The summed E-state index contributed by atoms with van der Waals surface area (Å²) in [5.74, 6) is 0. The van der Waals surface area contributed by atoms with Crippen LogP contribution in [0.3, 0.4) is 0 Å². The van der Waals surface area contributed by atoms with Crippen molar-refractivity contribution >= 4 is 130 Å². The summed E-state index contributed by atoms with van der Waals surface area (Å²) in [5, 5.41) is 19.9. The van der Waals surface area contributed by atoms with E-state index in [9.17, 15) is 0 Å². The van der Waals surface area contributed by atoms with Gasteiger partial charge in [0.25, 0.3) is 0 Å². The van der Waals surface area contributed by atoms with Crippen molar-refractivity contribution in [3.8, 4) is 67.3 Å². The molecule has 4 aromatic heterocycles. The van der Waals surface area contributed by atoms with Crippen LogP contribution in [0.5, 0.6) is 0 Å². The van der Waals surface area contributed by atoms with E-state index in [1.54, 1.807) is 0 Å². The van der Waals surface area contributed by atoms with Crippen molar-refractivity contribution in [2.24, 2.45) is 0 Å². The Morgan fingerprint density at radius 1 is 0.131 bits per heavy atom. The van der Waals surface area contributed by atoms with Crippen LogP contribution in [0.1, 0.15) is 44.5 Å². The lowest BCUT2D eigenvalue weighted by Gasteiger charge is -2.34. The molecule has 0 aliphatic heterocycles. The van der Waals surface area contributed by atoms with Gasteiger partial charge >= 0.3 is 0 Å². The molecule has 0 saturated carbocycles.